The number of carboxylic acids is 1. The second-order valence-corrected chi connectivity index (χ2v) is 8.17. The molecule has 2 N–H and O–H groups in total. The Kier molecular flexibility index (Phi) is 4.80. The second-order valence-electron chi connectivity index (χ2n) is 6.32. The first kappa shape index (κ1) is 17.2. The quantitative estimate of drug-likeness (QED) is 0.778. The van der Waals surface area contributed by atoms with Crippen LogP contribution in [0.15, 0.2) is 29.2 Å². The fourth-order valence-corrected chi connectivity index (χ4v) is 4.31. The van der Waals surface area contributed by atoms with Crippen molar-refractivity contribution in [2.75, 3.05) is 38.1 Å². The Morgan fingerprint density at radius 1 is 1.21 bits per heavy atom. The van der Waals surface area contributed by atoms with Crippen LogP contribution in [0.4, 0.5) is 5.69 Å². The number of hydrogen-bond acceptors (Lipinski definition) is 5. The molecule has 1 aliphatic heterocycles. The first-order valence-corrected chi connectivity index (χ1v) is 9.67. The number of piperazine rings is 1. The predicted molar refractivity (Wildman–Crippen MR) is 90.6 cm³/mol. The van der Waals surface area contributed by atoms with Crippen LogP contribution >= 0.6 is 0 Å². The number of para-hydroxylation sites is 1. The first-order valence-electron chi connectivity index (χ1n) is 8.18. The van der Waals surface area contributed by atoms with E-state index in [1.54, 1.807) is 18.2 Å². The smallest absolute Gasteiger partial charge is 0.321 e. The van der Waals surface area contributed by atoms with E-state index < -0.39 is 22.0 Å². The molecule has 2 fully saturated rings. The fraction of sp³-hybridized carbons (Fsp3) is 0.562. The Hall–Kier alpha value is -1.64. The Morgan fingerprint density at radius 3 is 2.38 bits per heavy atom. The van der Waals surface area contributed by atoms with Gasteiger partial charge in [-0.3, -0.25) is 9.69 Å². The molecule has 2 aliphatic rings. The highest BCUT2D eigenvalue weighted by Crippen LogP contribution is 2.36. The zero-order valence-corrected chi connectivity index (χ0v) is 14.5. The molecule has 1 saturated carbocycles. The number of sulfonamides is 1. The molecule has 1 aromatic carbocycles. The Morgan fingerprint density at radius 2 is 1.83 bits per heavy atom. The maximum absolute atomic E-state index is 12.2. The third kappa shape index (κ3) is 3.40. The summed E-state index contributed by atoms with van der Waals surface area (Å²) in [6.45, 7) is 2.49. The van der Waals surface area contributed by atoms with Crippen LogP contribution in [-0.2, 0) is 14.8 Å². The molecule has 132 valence electrons. The van der Waals surface area contributed by atoms with E-state index in [9.17, 15) is 18.3 Å². The average molecular weight is 353 g/mol. The monoisotopic (exact) mass is 353 g/mol. The van der Waals surface area contributed by atoms with Gasteiger partial charge in [-0.2, -0.15) is 0 Å². The maximum Gasteiger partial charge on any atom is 0.321 e. The van der Waals surface area contributed by atoms with Gasteiger partial charge in [-0.1, -0.05) is 12.1 Å². The topological polar surface area (TPSA) is 90.0 Å². The predicted octanol–water partition coefficient (Wildman–Crippen LogP) is 0.580. The molecule has 1 aromatic rings. The highest BCUT2D eigenvalue weighted by molar-refractivity contribution is 7.89. The molecule has 1 aliphatic carbocycles. The molecule has 1 unspecified atom stereocenters. The van der Waals surface area contributed by atoms with Gasteiger partial charge in [-0.25, -0.2) is 13.1 Å². The van der Waals surface area contributed by atoms with Crippen molar-refractivity contribution in [2.45, 2.75) is 23.8 Å². The third-order valence-corrected chi connectivity index (χ3v) is 6.26. The van der Waals surface area contributed by atoms with Crippen molar-refractivity contribution in [3.05, 3.63) is 24.3 Å². The molecular formula is C16H23N3O4S. The first-order chi connectivity index (χ1) is 11.4. The number of nitrogens with zero attached hydrogens (tertiary/aromatic N) is 2. The van der Waals surface area contributed by atoms with E-state index in [1.165, 1.54) is 7.05 Å². The van der Waals surface area contributed by atoms with Crippen LogP contribution < -0.4 is 9.62 Å². The summed E-state index contributed by atoms with van der Waals surface area (Å²) < 4.78 is 26.8. The summed E-state index contributed by atoms with van der Waals surface area (Å²) in [5, 5.41) is 9.46. The van der Waals surface area contributed by atoms with Crippen LogP contribution in [0.25, 0.3) is 0 Å². The van der Waals surface area contributed by atoms with Crippen molar-refractivity contribution >= 4 is 21.7 Å². The minimum Gasteiger partial charge on any atom is -0.480 e. The van der Waals surface area contributed by atoms with E-state index in [0.717, 1.165) is 12.8 Å². The third-order valence-electron chi connectivity index (χ3n) is 4.79. The Labute approximate surface area is 142 Å². The van der Waals surface area contributed by atoms with Crippen LogP contribution in [0.1, 0.15) is 12.8 Å². The summed E-state index contributed by atoms with van der Waals surface area (Å²) in [6.07, 6.45) is 1.97. The van der Waals surface area contributed by atoms with Crippen molar-refractivity contribution in [3.63, 3.8) is 0 Å². The van der Waals surface area contributed by atoms with Gasteiger partial charge in [-0.05, 0) is 37.9 Å². The van der Waals surface area contributed by atoms with Gasteiger partial charge in [0.05, 0.1) is 5.69 Å². The highest BCUT2D eigenvalue weighted by Gasteiger charge is 2.41. The summed E-state index contributed by atoms with van der Waals surface area (Å²) in [4.78, 5) is 15.8. The average Bonchev–Trinajstić information content (AvgIpc) is 3.40. The van der Waals surface area contributed by atoms with Gasteiger partial charge in [0.15, 0.2) is 0 Å². The molecule has 0 aromatic heterocycles. The van der Waals surface area contributed by atoms with Crippen LogP contribution in [0.2, 0.25) is 0 Å². The lowest BCUT2D eigenvalue weighted by atomic mass is 10.1. The lowest BCUT2D eigenvalue weighted by Gasteiger charge is -2.39. The van der Waals surface area contributed by atoms with Gasteiger partial charge in [-0.15, -0.1) is 0 Å². The van der Waals surface area contributed by atoms with Crippen LogP contribution in [0, 0.1) is 5.92 Å². The fourth-order valence-electron chi connectivity index (χ4n) is 3.36. The van der Waals surface area contributed by atoms with E-state index in [-0.39, 0.29) is 10.8 Å². The van der Waals surface area contributed by atoms with Crippen LogP contribution in [-0.4, -0.2) is 63.7 Å². The molecule has 8 heteroatoms. The van der Waals surface area contributed by atoms with E-state index >= 15 is 0 Å². The van der Waals surface area contributed by atoms with E-state index in [2.05, 4.69) is 4.72 Å². The normalized spacial score (nSPS) is 20.8. The summed E-state index contributed by atoms with van der Waals surface area (Å²) in [5.41, 5.74) is 0.671. The number of aliphatic carboxylic acids is 1. The molecule has 7 nitrogen and oxygen atoms in total. The standard InChI is InChI=1S/C16H23N3O4S/c1-17-24(22,23)14-5-3-2-4-13(14)18-8-10-19(11-9-18)15(16(20)21)12-6-7-12/h2-5,12,15,17H,6-11H2,1H3,(H,20,21). The summed E-state index contributed by atoms with van der Waals surface area (Å²) >= 11 is 0. The zero-order valence-electron chi connectivity index (χ0n) is 13.7. The molecule has 1 atom stereocenters. The maximum atomic E-state index is 12.2. The largest absolute Gasteiger partial charge is 0.480 e. The summed E-state index contributed by atoms with van der Waals surface area (Å²) in [5.74, 6) is -0.477. The molecule has 24 heavy (non-hydrogen) atoms. The molecular weight excluding hydrogens is 330 g/mol. The van der Waals surface area contributed by atoms with E-state index in [1.807, 2.05) is 15.9 Å². The highest BCUT2D eigenvalue weighted by atomic mass is 32.2. The minimum atomic E-state index is -3.52. The van der Waals surface area contributed by atoms with Crippen molar-refractivity contribution in [3.8, 4) is 0 Å². The van der Waals surface area contributed by atoms with Crippen molar-refractivity contribution in [1.82, 2.24) is 9.62 Å². The van der Waals surface area contributed by atoms with Crippen LogP contribution in [0.5, 0.6) is 0 Å². The van der Waals surface area contributed by atoms with Gasteiger partial charge in [0, 0.05) is 26.2 Å². The molecule has 0 bridgehead atoms. The molecule has 0 radical (unpaired) electrons. The number of nitrogens with one attached hydrogen (secondary N) is 1. The van der Waals surface area contributed by atoms with Crippen LogP contribution in [0.3, 0.4) is 0 Å². The summed E-state index contributed by atoms with van der Waals surface area (Å²) in [7, 11) is -2.12. The summed E-state index contributed by atoms with van der Waals surface area (Å²) in [6, 6.07) is 6.52. The van der Waals surface area contributed by atoms with Gasteiger partial charge in [0.2, 0.25) is 10.0 Å². The molecule has 1 saturated heterocycles. The number of anilines is 1. The number of carbonyl (C=O) groups is 1. The van der Waals surface area contributed by atoms with Crippen molar-refractivity contribution < 1.29 is 18.3 Å². The Balaban J connectivity index is 1.75. The second kappa shape index (κ2) is 6.70. The van der Waals surface area contributed by atoms with Crippen molar-refractivity contribution in [2.24, 2.45) is 5.92 Å². The van der Waals surface area contributed by atoms with E-state index in [4.69, 9.17) is 0 Å². The lowest BCUT2D eigenvalue weighted by molar-refractivity contribution is -0.144. The Bertz CT molecular complexity index is 710. The lowest BCUT2D eigenvalue weighted by Crippen LogP contribution is -2.53. The number of carboxylic acid groups (broad SMARTS) is 1. The van der Waals surface area contributed by atoms with Gasteiger partial charge < -0.3 is 10.0 Å². The van der Waals surface area contributed by atoms with Gasteiger partial charge in [0.25, 0.3) is 0 Å². The van der Waals surface area contributed by atoms with E-state index in [0.29, 0.717) is 31.9 Å². The molecule has 0 spiro atoms. The number of benzene rings is 1. The van der Waals surface area contributed by atoms with Gasteiger partial charge >= 0.3 is 5.97 Å². The number of rotatable bonds is 6. The van der Waals surface area contributed by atoms with Gasteiger partial charge in [0.1, 0.15) is 10.9 Å². The minimum absolute atomic E-state index is 0.262. The van der Waals surface area contributed by atoms with Crippen molar-refractivity contribution in [1.29, 1.82) is 0 Å². The SMILES string of the molecule is CNS(=O)(=O)c1ccccc1N1CCN(C(C(=O)O)C2CC2)CC1. The molecule has 0 amide bonds. The number of hydrogen-bond donors (Lipinski definition) is 2. The molecule has 1 heterocycles. The zero-order chi connectivity index (χ0) is 17.3. The molecule has 3 rings (SSSR count).